The first kappa shape index (κ1) is 50.3. The fraction of sp³-hybridized carbons (Fsp3) is 0.761. The standard InChI is InChI=1S/C46H71NO14/c1-26-19-27(2)21-38(57-7)42-39(58-8)23-29(4)46(55,61-42)43(52)44(53)47-18-11-10-14-33(47)45(54)60-41(28(3)22-31-16-17-34(48)37(24-31)56-6)30(5)35(49)25-36(50)32(20-26)13-12-15-40(51)59-9/h12,15,20,22,27,29-35,37-39,41-42,48-49,55H,10-11,13-14,16-19,21,23-25H2,1-9H3. The summed E-state index contributed by atoms with van der Waals surface area (Å²) in [7, 11) is 5.82. The van der Waals surface area contributed by atoms with Crippen LogP contribution in [0.5, 0.6) is 0 Å². The number of carbonyl (C=O) groups excluding carboxylic acids is 5. The molecule has 3 fully saturated rings. The molecule has 0 spiro atoms. The Labute approximate surface area is 361 Å². The number of cyclic esters (lactones) is 1. The van der Waals surface area contributed by atoms with E-state index < -0.39 is 89.8 Å². The van der Waals surface area contributed by atoms with Gasteiger partial charge in [0.05, 0.1) is 37.6 Å². The van der Waals surface area contributed by atoms with Gasteiger partial charge in [-0.05, 0) is 95.5 Å². The first-order chi connectivity index (χ1) is 28.9. The predicted molar refractivity (Wildman–Crippen MR) is 224 cm³/mol. The number of ether oxygens (including phenoxy) is 6. The van der Waals surface area contributed by atoms with Crippen LogP contribution in [0.3, 0.4) is 0 Å². The molecule has 1 saturated carbocycles. The first-order valence-corrected chi connectivity index (χ1v) is 21.9. The number of fused-ring (bicyclic) bond motifs is 3. The molecule has 3 N–H and O–H groups in total. The van der Waals surface area contributed by atoms with E-state index in [1.54, 1.807) is 34.0 Å². The molecule has 14 atom stereocenters. The van der Waals surface area contributed by atoms with E-state index in [-0.39, 0.29) is 56.0 Å². The van der Waals surface area contributed by atoms with Crippen LogP contribution in [-0.2, 0) is 52.4 Å². The molecule has 15 nitrogen and oxygen atoms in total. The molecule has 1 amide bonds. The summed E-state index contributed by atoms with van der Waals surface area (Å²) < 4.78 is 34.5. The molecule has 4 aliphatic rings. The van der Waals surface area contributed by atoms with E-state index in [4.69, 9.17) is 28.4 Å². The molecule has 14 unspecified atom stereocenters. The SMILES string of the molecule is COC(=O)C=CCC1C=C(C)CC(C)CC(OC)C2OC(O)(C(=O)C(=O)N3CCCCC3C(=O)OC(C(C)=CC3CCC(O)C(OC)C3)C(C)C(O)CC1=O)C(C)CC2OC. The van der Waals surface area contributed by atoms with Crippen molar-refractivity contribution in [1.29, 1.82) is 0 Å². The summed E-state index contributed by atoms with van der Waals surface area (Å²) in [4.78, 5) is 70.2. The normalized spacial score (nSPS) is 38.3. The van der Waals surface area contributed by atoms with Crippen molar-refractivity contribution in [1.82, 2.24) is 4.90 Å². The van der Waals surface area contributed by atoms with Gasteiger partial charge in [0.2, 0.25) is 5.79 Å². The lowest BCUT2D eigenvalue weighted by molar-refractivity contribution is -0.302. The Morgan fingerprint density at radius 2 is 1.57 bits per heavy atom. The minimum atomic E-state index is -2.54. The van der Waals surface area contributed by atoms with Crippen LogP contribution in [0.1, 0.15) is 105 Å². The van der Waals surface area contributed by atoms with E-state index in [1.807, 2.05) is 26.0 Å². The van der Waals surface area contributed by atoms with Crippen LogP contribution in [0.4, 0.5) is 0 Å². The van der Waals surface area contributed by atoms with Crippen LogP contribution in [0.2, 0.25) is 0 Å². The molecular formula is C46H71NO14. The second kappa shape index (κ2) is 22.9. The third-order valence-electron chi connectivity index (χ3n) is 13.3. The summed E-state index contributed by atoms with van der Waals surface area (Å²) in [6.45, 7) is 9.05. The molecule has 61 heavy (non-hydrogen) atoms. The fourth-order valence-corrected chi connectivity index (χ4v) is 9.62. The molecule has 0 radical (unpaired) electrons. The quantitative estimate of drug-likeness (QED) is 0.136. The zero-order chi connectivity index (χ0) is 45.2. The number of methoxy groups -OCH3 is 4. The smallest absolute Gasteiger partial charge is 0.330 e. The Hall–Kier alpha value is -3.31. The lowest BCUT2D eigenvalue weighted by atomic mass is 9.81. The van der Waals surface area contributed by atoms with Crippen molar-refractivity contribution in [2.75, 3.05) is 35.0 Å². The lowest BCUT2D eigenvalue weighted by Gasteiger charge is -2.47. The van der Waals surface area contributed by atoms with E-state index in [9.17, 15) is 39.3 Å². The Kier molecular flexibility index (Phi) is 18.9. The highest BCUT2D eigenvalue weighted by atomic mass is 16.7. The van der Waals surface area contributed by atoms with Crippen molar-refractivity contribution in [2.45, 2.75) is 160 Å². The van der Waals surface area contributed by atoms with Crippen LogP contribution < -0.4 is 0 Å². The zero-order valence-corrected chi connectivity index (χ0v) is 37.6. The van der Waals surface area contributed by atoms with Gasteiger partial charge in [0, 0.05) is 58.1 Å². The van der Waals surface area contributed by atoms with Crippen LogP contribution in [0.15, 0.2) is 35.5 Å². The molecular weight excluding hydrogens is 790 g/mol. The largest absolute Gasteiger partial charge is 0.466 e. The molecule has 0 aromatic rings. The van der Waals surface area contributed by atoms with Crippen LogP contribution in [0, 0.1) is 29.6 Å². The Morgan fingerprint density at radius 1 is 0.902 bits per heavy atom. The molecule has 3 heterocycles. The molecule has 0 aromatic carbocycles. The second-order valence-corrected chi connectivity index (χ2v) is 17.9. The summed E-state index contributed by atoms with van der Waals surface area (Å²) in [5, 5.41) is 34.3. The molecule has 3 aliphatic heterocycles. The van der Waals surface area contributed by atoms with E-state index in [2.05, 4.69) is 0 Å². The van der Waals surface area contributed by atoms with E-state index >= 15 is 0 Å². The summed E-state index contributed by atoms with van der Waals surface area (Å²) in [5.74, 6) is -8.95. The second-order valence-electron chi connectivity index (χ2n) is 17.9. The average Bonchev–Trinajstić information content (AvgIpc) is 3.24. The first-order valence-electron chi connectivity index (χ1n) is 21.9. The van der Waals surface area contributed by atoms with Gasteiger partial charge in [-0.25, -0.2) is 9.59 Å². The van der Waals surface area contributed by atoms with E-state index in [0.29, 0.717) is 50.5 Å². The molecule has 344 valence electrons. The highest BCUT2D eigenvalue weighted by Gasteiger charge is 2.56. The maximum absolute atomic E-state index is 14.4. The zero-order valence-electron chi connectivity index (χ0n) is 37.6. The third kappa shape index (κ3) is 12.7. The minimum Gasteiger partial charge on any atom is -0.466 e. The van der Waals surface area contributed by atoms with Crippen molar-refractivity contribution in [3.63, 3.8) is 0 Å². The van der Waals surface area contributed by atoms with Gasteiger partial charge in [-0.15, -0.1) is 0 Å². The summed E-state index contributed by atoms with van der Waals surface area (Å²) >= 11 is 0. The van der Waals surface area contributed by atoms with Gasteiger partial charge < -0.3 is 48.6 Å². The molecule has 0 aromatic heterocycles. The topological polar surface area (TPSA) is 205 Å². The number of hydrogen-bond acceptors (Lipinski definition) is 14. The Bertz CT molecular complexity index is 1630. The lowest BCUT2D eigenvalue weighted by Crippen LogP contribution is -2.64. The van der Waals surface area contributed by atoms with Gasteiger partial charge in [-0.3, -0.25) is 14.4 Å². The van der Waals surface area contributed by atoms with Gasteiger partial charge in [-0.1, -0.05) is 44.6 Å². The molecule has 2 saturated heterocycles. The number of piperidine rings is 1. The third-order valence-corrected chi connectivity index (χ3v) is 13.3. The molecule has 15 heteroatoms. The van der Waals surface area contributed by atoms with Crippen LogP contribution in [0.25, 0.3) is 0 Å². The maximum Gasteiger partial charge on any atom is 0.330 e. The number of amides is 1. The highest BCUT2D eigenvalue weighted by molar-refractivity contribution is 6.39. The van der Waals surface area contributed by atoms with Crippen molar-refractivity contribution in [3.8, 4) is 0 Å². The number of Topliss-reactive ketones (excluding diaryl/α,β-unsaturated/α-hetero) is 2. The fourth-order valence-electron chi connectivity index (χ4n) is 9.62. The van der Waals surface area contributed by atoms with Crippen LogP contribution >= 0.6 is 0 Å². The van der Waals surface area contributed by atoms with E-state index in [1.165, 1.54) is 27.4 Å². The van der Waals surface area contributed by atoms with Crippen molar-refractivity contribution in [3.05, 3.63) is 35.5 Å². The van der Waals surface area contributed by atoms with Gasteiger partial charge >= 0.3 is 11.9 Å². The number of nitrogens with zero attached hydrogens (tertiary/aromatic N) is 1. The molecule has 4 rings (SSSR count). The van der Waals surface area contributed by atoms with Gasteiger partial charge in [-0.2, -0.15) is 0 Å². The van der Waals surface area contributed by atoms with Crippen LogP contribution in [-0.4, -0.2) is 139 Å². The monoisotopic (exact) mass is 861 g/mol. The van der Waals surface area contributed by atoms with Crippen molar-refractivity contribution < 1.29 is 67.7 Å². The van der Waals surface area contributed by atoms with E-state index in [0.717, 1.165) is 10.5 Å². The van der Waals surface area contributed by atoms with Gasteiger partial charge in [0.25, 0.3) is 11.7 Å². The molecule has 2 bridgehead atoms. The average molecular weight is 862 g/mol. The minimum absolute atomic E-state index is 0.0486. The number of ketones is 2. The summed E-state index contributed by atoms with van der Waals surface area (Å²) in [6.07, 6.45) is 4.97. The maximum atomic E-state index is 14.4. The Balaban J connectivity index is 1.80. The van der Waals surface area contributed by atoms with Gasteiger partial charge in [0.15, 0.2) is 0 Å². The Morgan fingerprint density at radius 3 is 2.23 bits per heavy atom. The number of esters is 2. The number of rotatable bonds is 8. The molecule has 1 aliphatic carbocycles. The summed E-state index contributed by atoms with van der Waals surface area (Å²) in [6, 6.07) is -1.18. The van der Waals surface area contributed by atoms with Crippen molar-refractivity contribution >= 4 is 29.4 Å². The number of hydrogen-bond donors (Lipinski definition) is 3. The predicted octanol–water partition coefficient (Wildman–Crippen LogP) is 4.18. The van der Waals surface area contributed by atoms with Gasteiger partial charge in [0.1, 0.15) is 24.0 Å². The number of aliphatic hydroxyl groups is 3. The van der Waals surface area contributed by atoms with Crippen molar-refractivity contribution in [2.24, 2.45) is 29.6 Å². The summed E-state index contributed by atoms with van der Waals surface area (Å²) in [5.41, 5.74) is 1.48. The highest BCUT2D eigenvalue weighted by Crippen LogP contribution is 2.39. The number of carbonyl (C=O) groups is 5. The number of aliphatic hydroxyl groups excluding tert-OH is 2. The number of allylic oxidation sites excluding steroid dienone is 4.